The van der Waals surface area contributed by atoms with E-state index in [4.69, 9.17) is 18.5 Å². The van der Waals surface area contributed by atoms with Crippen molar-refractivity contribution in [2.75, 3.05) is 47.5 Å². The summed E-state index contributed by atoms with van der Waals surface area (Å²) in [7, 11) is 1.17. The molecule has 498 valence electrons. The number of rotatable bonds is 66. The Morgan fingerprint density at radius 1 is 0.372 bits per heavy atom. The highest BCUT2D eigenvalue weighted by atomic mass is 31.2. The Bertz CT molecular complexity index is 1770. The van der Waals surface area contributed by atoms with Crippen LogP contribution in [0.25, 0.3) is 0 Å². The SMILES string of the molecule is CC/C=C\C/C=C\C/C=C\C/C=C\C/C=C\C/C=C\C/C=C\C/C=C\CCCCCCCCCCCCC(=O)OC(COC(=O)CCCCCCCCCCCCCCCCCCCCCCCCCCCCC)COP(=O)([O-])OCC[N+](C)(C)C. The molecule has 0 spiro atoms. The summed E-state index contributed by atoms with van der Waals surface area (Å²) in [6.45, 7) is 4.16. The number of unbranched alkanes of at least 4 members (excludes halogenated alkanes) is 36. The van der Waals surface area contributed by atoms with Gasteiger partial charge in [0.1, 0.15) is 19.8 Å². The lowest BCUT2D eigenvalue weighted by molar-refractivity contribution is -0.870. The zero-order chi connectivity index (χ0) is 62.6. The van der Waals surface area contributed by atoms with E-state index in [0.717, 1.165) is 96.3 Å². The van der Waals surface area contributed by atoms with Crippen LogP contribution in [0.4, 0.5) is 0 Å². The molecule has 0 heterocycles. The van der Waals surface area contributed by atoms with Crippen LogP contribution in [-0.4, -0.2) is 70.0 Å². The third-order valence-corrected chi connectivity index (χ3v) is 16.6. The molecule has 0 aromatic rings. The highest BCUT2D eigenvalue weighted by molar-refractivity contribution is 7.45. The van der Waals surface area contributed by atoms with Gasteiger partial charge in [-0.05, 0) is 77.0 Å². The highest BCUT2D eigenvalue weighted by Crippen LogP contribution is 2.38. The van der Waals surface area contributed by atoms with Gasteiger partial charge in [-0.1, -0.05) is 329 Å². The second kappa shape index (κ2) is 66.4. The minimum atomic E-state index is -4.65. The fraction of sp³-hybridized carbons (Fsp3) is 0.763. The maximum Gasteiger partial charge on any atom is 0.306 e. The first-order valence-electron chi connectivity index (χ1n) is 35.9. The minimum absolute atomic E-state index is 0.0338. The zero-order valence-corrected chi connectivity index (χ0v) is 57.6. The molecule has 2 atom stereocenters. The second-order valence-electron chi connectivity index (χ2n) is 25.2. The first kappa shape index (κ1) is 82.9. The largest absolute Gasteiger partial charge is 0.756 e. The Morgan fingerprint density at radius 2 is 0.663 bits per heavy atom. The maximum absolute atomic E-state index is 12.9. The van der Waals surface area contributed by atoms with Crippen LogP contribution >= 0.6 is 7.82 Å². The normalized spacial score (nSPS) is 13.7. The molecule has 0 aromatic carbocycles. The molecule has 10 heteroatoms. The summed E-state index contributed by atoms with van der Waals surface area (Å²) in [6, 6.07) is 0. The molecule has 0 rings (SSSR count). The number of hydrogen-bond acceptors (Lipinski definition) is 8. The van der Waals surface area contributed by atoms with E-state index in [9.17, 15) is 19.0 Å². The molecule has 0 bridgehead atoms. The third kappa shape index (κ3) is 70.0. The average molecular weight is 1220 g/mol. The molecule has 0 aliphatic carbocycles. The van der Waals surface area contributed by atoms with Crippen molar-refractivity contribution in [3.8, 4) is 0 Å². The molecule has 9 nitrogen and oxygen atoms in total. The molecule has 0 aliphatic heterocycles. The summed E-state index contributed by atoms with van der Waals surface area (Å²) in [6.07, 6.45) is 92.0. The topological polar surface area (TPSA) is 111 Å². The van der Waals surface area contributed by atoms with E-state index in [1.807, 2.05) is 21.1 Å². The van der Waals surface area contributed by atoms with Crippen molar-refractivity contribution >= 4 is 19.8 Å². The number of allylic oxidation sites excluding steroid dienone is 16. The van der Waals surface area contributed by atoms with Crippen LogP contribution in [0, 0.1) is 0 Å². The van der Waals surface area contributed by atoms with Gasteiger partial charge in [-0.15, -0.1) is 0 Å². The molecule has 2 unspecified atom stereocenters. The van der Waals surface area contributed by atoms with E-state index in [1.165, 1.54) is 193 Å². The van der Waals surface area contributed by atoms with Crippen LogP contribution in [0.3, 0.4) is 0 Å². The molecule has 0 fully saturated rings. The van der Waals surface area contributed by atoms with Gasteiger partial charge in [-0.2, -0.15) is 0 Å². The Hall–Kier alpha value is -3.07. The number of carbonyl (C=O) groups excluding carboxylic acids is 2. The lowest BCUT2D eigenvalue weighted by atomic mass is 10.0. The van der Waals surface area contributed by atoms with Gasteiger partial charge in [-0.3, -0.25) is 14.2 Å². The number of likely N-dealkylation sites (N-methyl/N-ethyl adjacent to an activating group) is 1. The predicted octanol–water partition coefficient (Wildman–Crippen LogP) is 22.9. The third-order valence-electron chi connectivity index (χ3n) is 15.6. The fourth-order valence-electron chi connectivity index (χ4n) is 10.1. The maximum atomic E-state index is 12.9. The first-order valence-corrected chi connectivity index (χ1v) is 37.4. The Labute approximate surface area is 532 Å². The van der Waals surface area contributed by atoms with Crippen LogP contribution in [0.1, 0.15) is 322 Å². The minimum Gasteiger partial charge on any atom is -0.756 e. The smallest absolute Gasteiger partial charge is 0.306 e. The van der Waals surface area contributed by atoms with Crippen molar-refractivity contribution in [1.82, 2.24) is 0 Å². The molecule has 0 saturated carbocycles. The van der Waals surface area contributed by atoms with Gasteiger partial charge in [0.05, 0.1) is 27.7 Å². The van der Waals surface area contributed by atoms with Crippen molar-refractivity contribution in [3.05, 3.63) is 97.2 Å². The number of carbonyl (C=O) groups is 2. The Morgan fingerprint density at radius 3 is 0.988 bits per heavy atom. The zero-order valence-electron chi connectivity index (χ0n) is 56.7. The van der Waals surface area contributed by atoms with Gasteiger partial charge in [0.15, 0.2) is 6.10 Å². The van der Waals surface area contributed by atoms with Crippen LogP contribution in [0.15, 0.2) is 97.2 Å². The molecule has 0 aliphatic rings. The Kier molecular flexibility index (Phi) is 64.0. The van der Waals surface area contributed by atoms with E-state index in [2.05, 4.69) is 111 Å². The molecular weight excluding hydrogens is 1090 g/mol. The van der Waals surface area contributed by atoms with Crippen LogP contribution in [-0.2, 0) is 32.7 Å². The van der Waals surface area contributed by atoms with Gasteiger partial charge in [0.2, 0.25) is 0 Å². The van der Waals surface area contributed by atoms with Gasteiger partial charge in [-0.25, -0.2) is 0 Å². The highest BCUT2D eigenvalue weighted by Gasteiger charge is 2.22. The van der Waals surface area contributed by atoms with Crippen molar-refractivity contribution in [1.29, 1.82) is 0 Å². The van der Waals surface area contributed by atoms with Crippen molar-refractivity contribution in [3.63, 3.8) is 0 Å². The van der Waals surface area contributed by atoms with Crippen molar-refractivity contribution in [2.24, 2.45) is 0 Å². The molecule has 0 radical (unpaired) electrons. The summed E-state index contributed by atoms with van der Waals surface area (Å²) in [5.74, 6) is -0.828. The van der Waals surface area contributed by atoms with Gasteiger partial charge in [0, 0.05) is 12.8 Å². The van der Waals surface area contributed by atoms with Gasteiger partial charge >= 0.3 is 11.9 Å². The standard InChI is InChI=1S/C76H136NO8P/c1-6-8-10-12-14-16-18-20-22-24-26-28-30-32-34-35-36-37-38-39-40-41-43-45-47-49-51-53-55-57-59-61-63-65-67-69-76(79)85-74(73-84-86(80,81)83-71-70-77(3,4)5)72-82-75(78)68-66-64-62-60-58-56-54-52-50-48-46-44-42-33-31-29-27-25-23-21-19-17-15-13-11-9-7-2/h8,10,14,16,20,22,26,28,32,34,36-37,39-40,43,45,74H,6-7,9,11-13,15,17-19,21,23-25,27,29-31,33,35,38,41-42,44,46-73H2,1-5H3/b10-8-,16-14-,22-20-,28-26-,34-32-,37-36-,40-39-,45-43-. The average Bonchev–Trinajstić information content (AvgIpc) is 3.56. The molecule has 0 aromatic heterocycles. The molecule has 0 saturated heterocycles. The van der Waals surface area contributed by atoms with Crippen LogP contribution in [0.2, 0.25) is 0 Å². The fourth-order valence-corrected chi connectivity index (χ4v) is 10.9. The predicted molar refractivity (Wildman–Crippen MR) is 369 cm³/mol. The molecular formula is C76H136NO8P. The Balaban J connectivity index is 4.06. The monoisotopic (exact) mass is 1220 g/mol. The molecule has 86 heavy (non-hydrogen) atoms. The number of ether oxygens (including phenoxy) is 2. The van der Waals surface area contributed by atoms with E-state index in [-0.39, 0.29) is 32.0 Å². The molecule has 0 amide bonds. The number of quaternary nitrogens is 1. The number of nitrogens with zero attached hydrogens (tertiary/aromatic N) is 1. The van der Waals surface area contributed by atoms with Gasteiger partial charge < -0.3 is 27.9 Å². The van der Waals surface area contributed by atoms with Crippen molar-refractivity contribution in [2.45, 2.75) is 328 Å². The first-order chi connectivity index (χ1) is 42.0. The number of phosphoric acid groups is 1. The second-order valence-corrected chi connectivity index (χ2v) is 26.6. The summed E-state index contributed by atoms with van der Waals surface area (Å²) < 4.78 is 34.3. The van der Waals surface area contributed by atoms with Gasteiger partial charge in [0.25, 0.3) is 7.82 Å². The van der Waals surface area contributed by atoms with E-state index < -0.39 is 26.5 Å². The van der Waals surface area contributed by atoms with Crippen molar-refractivity contribution < 1.29 is 42.1 Å². The summed E-state index contributed by atoms with van der Waals surface area (Å²) in [5.41, 5.74) is 0. The molecule has 0 N–H and O–H groups in total. The summed E-state index contributed by atoms with van der Waals surface area (Å²) in [4.78, 5) is 38.1. The lowest BCUT2D eigenvalue weighted by Gasteiger charge is -2.28. The van der Waals surface area contributed by atoms with E-state index in [0.29, 0.717) is 17.4 Å². The number of esters is 2. The van der Waals surface area contributed by atoms with Crippen LogP contribution in [0.5, 0.6) is 0 Å². The van der Waals surface area contributed by atoms with E-state index in [1.54, 1.807) is 0 Å². The number of hydrogen-bond donors (Lipinski definition) is 0. The quantitative estimate of drug-likeness (QED) is 0.0195. The summed E-state index contributed by atoms with van der Waals surface area (Å²) in [5, 5.41) is 0. The summed E-state index contributed by atoms with van der Waals surface area (Å²) >= 11 is 0. The number of phosphoric ester groups is 1. The van der Waals surface area contributed by atoms with Crippen LogP contribution < -0.4 is 4.89 Å². The lowest BCUT2D eigenvalue weighted by Crippen LogP contribution is -2.37. The van der Waals surface area contributed by atoms with E-state index >= 15 is 0 Å².